The fourth-order valence-electron chi connectivity index (χ4n) is 1.81. The Kier molecular flexibility index (Phi) is 21.6. The highest BCUT2D eigenvalue weighted by Crippen LogP contribution is 1.94. The molecule has 0 amide bonds. The number of hydrogen-bond donors (Lipinski definition) is 0. The number of hydrogen-bond acceptors (Lipinski definition) is 4. The average molecular weight is 333 g/mol. The summed E-state index contributed by atoms with van der Waals surface area (Å²) >= 11 is 0. The number of unbranched alkanes of at least 4 members (excludes halogenated alkanes) is 4. The number of rotatable bonds is 20. The summed E-state index contributed by atoms with van der Waals surface area (Å²) in [6.45, 7) is 10.2. The summed E-state index contributed by atoms with van der Waals surface area (Å²) in [7, 11) is 0. The molecule has 5 nitrogen and oxygen atoms in total. The third kappa shape index (κ3) is 21.8. The van der Waals surface area contributed by atoms with E-state index in [1.54, 1.807) is 0 Å². The zero-order valence-electron chi connectivity index (χ0n) is 15.4. The van der Waals surface area contributed by atoms with Gasteiger partial charge in [-0.1, -0.05) is 26.7 Å². The van der Waals surface area contributed by atoms with Crippen LogP contribution >= 0.6 is 0 Å². The van der Waals surface area contributed by atoms with Crippen molar-refractivity contribution in [3.05, 3.63) is 0 Å². The molecule has 0 heterocycles. The van der Waals surface area contributed by atoms with Crippen LogP contribution in [0.1, 0.15) is 65.2 Å². The van der Waals surface area contributed by atoms with Crippen molar-refractivity contribution < 1.29 is 18.9 Å². The van der Waals surface area contributed by atoms with Crippen molar-refractivity contribution in [2.75, 3.05) is 53.1 Å². The molecule has 0 aliphatic carbocycles. The molecular formula is C18H38NO4. The van der Waals surface area contributed by atoms with Crippen molar-refractivity contribution in [2.24, 2.45) is 0 Å². The Balaban J connectivity index is 2.92. The largest absolute Gasteiger partial charge is 0.355 e. The van der Waals surface area contributed by atoms with Gasteiger partial charge in [0.1, 0.15) is 13.6 Å². The number of ether oxygens (including phenoxy) is 4. The highest BCUT2D eigenvalue weighted by Gasteiger charge is 1.94. The lowest BCUT2D eigenvalue weighted by molar-refractivity contribution is -0.0553. The molecule has 0 N–H and O–H groups in total. The van der Waals surface area contributed by atoms with Gasteiger partial charge in [-0.05, 0) is 38.5 Å². The van der Waals surface area contributed by atoms with Crippen LogP contribution in [0.2, 0.25) is 0 Å². The summed E-state index contributed by atoms with van der Waals surface area (Å²) in [6.07, 6.45) is 8.85. The predicted octanol–water partition coefficient (Wildman–Crippen LogP) is 3.73. The average Bonchev–Trinajstić information content (AvgIpc) is 2.57. The van der Waals surface area contributed by atoms with Gasteiger partial charge >= 0.3 is 0 Å². The topological polar surface area (TPSA) is 51.0 Å². The van der Waals surface area contributed by atoms with Gasteiger partial charge in [-0.25, -0.2) is 5.32 Å². The molecule has 0 fully saturated rings. The molecule has 0 unspecified atom stereocenters. The first-order valence-corrected chi connectivity index (χ1v) is 9.36. The predicted molar refractivity (Wildman–Crippen MR) is 93.7 cm³/mol. The lowest BCUT2D eigenvalue weighted by Crippen LogP contribution is -2.11. The van der Waals surface area contributed by atoms with Crippen molar-refractivity contribution >= 4 is 0 Å². The molecule has 0 rings (SSSR count). The SMILES string of the molecule is CCCCOCOCCCC[N]CCCCOCOCCCC. The lowest BCUT2D eigenvalue weighted by atomic mass is 10.3. The van der Waals surface area contributed by atoms with Crippen LogP contribution in [0.4, 0.5) is 0 Å². The summed E-state index contributed by atoms with van der Waals surface area (Å²) < 4.78 is 21.4. The molecule has 0 spiro atoms. The minimum Gasteiger partial charge on any atom is -0.355 e. The number of nitrogens with zero attached hydrogens (tertiary/aromatic N) is 1. The van der Waals surface area contributed by atoms with E-state index in [4.69, 9.17) is 18.9 Å². The molecule has 0 aromatic rings. The van der Waals surface area contributed by atoms with Crippen LogP contribution in [0.5, 0.6) is 0 Å². The summed E-state index contributed by atoms with van der Waals surface area (Å²) in [5, 5.41) is 4.51. The molecule has 0 aliphatic heterocycles. The van der Waals surface area contributed by atoms with Crippen LogP contribution in [0, 0.1) is 0 Å². The minimum atomic E-state index is 0.430. The maximum atomic E-state index is 5.40. The van der Waals surface area contributed by atoms with Crippen molar-refractivity contribution in [1.82, 2.24) is 5.32 Å². The quantitative estimate of drug-likeness (QED) is 0.252. The van der Waals surface area contributed by atoms with E-state index >= 15 is 0 Å². The van der Waals surface area contributed by atoms with E-state index in [2.05, 4.69) is 19.2 Å². The van der Waals surface area contributed by atoms with Gasteiger partial charge in [0, 0.05) is 39.5 Å². The molecule has 23 heavy (non-hydrogen) atoms. The second kappa shape index (κ2) is 21.8. The Labute approximate surface area is 143 Å². The molecule has 0 saturated carbocycles. The Bertz CT molecular complexity index is 185. The molecule has 1 radical (unpaired) electrons. The Morgan fingerprint density at radius 2 is 0.913 bits per heavy atom. The molecule has 0 saturated heterocycles. The van der Waals surface area contributed by atoms with Crippen LogP contribution in [-0.4, -0.2) is 53.1 Å². The standard InChI is InChI=1S/C18H38NO4/c1-3-5-13-20-17-22-15-9-7-11-19-12-8-10-16-23-18-21-14-6-4-2/h3-18H2,1-2H3. The molecule has 0 aromatic heterocycles. The first kappa shape index (κ1) is 22.8. The minimum absolute atomic E-state index is 0.430. The van der Waals surface area contributed by atoms with E-state index in [1.807, 2.05) is 0 Å². The van der Waals surface area contributed by atoms with E-state index in [1.165, 1.54) is 12.8 Å². The third-order valence-electron chi connectivity index (χ3n) is 3.33. The van der Waals surface area contributed by atoms with E-state index < -0.39 is 0 Å². The monoisotopic (exact) mass is 332 g/mol. The smallest absolute Gasteiger partial charge is 0.146 e. The van der Waals surface area contributed by atoms with Gasteiger partial charge in [-0.3, -0.25) is 0 Å². The van der Waals surface area contributed by atoms with E-state index in [0.29, 0.717) is 13.6 Å². The zero-order chi connectivity index (χ0) is 16.8. The van der Waals surface area contributed by atoms with Gasteiger partial charge in [0.05, 0.1) is 0 Å². The molecular weight excluding hydrogens is 294 g/mol. The molecule has 139 valence electrons. The molecule has 0 aliphatic rings. The Morgan fingerprint density at radius 3 is 1.30 bits per heavy atom. The van der Waals surface area contributed by atoms with Crippen LogP contribution in [-0.2, 0) is 18.9 Å². The first-order valence-electron chi connectivity index (χ1n) is 9.36. The van der Waals surface area contributed by atoms with E-state index in [-0.39, 0.29) is 0 Å². The van der Waals surface area contributed by atoms with Crippen LogP contribution in [0.25, 0.3) is 0 Å². The highest BCUT2D eigenvalue weighted by molar-refractivity contribution is 4.48. The summed E-state index contributed by atoms with van der Waals surface area (Å²) in [6, 6.07) is 0. The summed E-state index contributed by atoms with van der Waals surface area (Å²) in [4.78, 5) is 0. The molecule has 0 bridgehead atoms. The van der Waals surface area contributed by atoms with Gasteiger partial charge in [0.25, 0.3) is 0 Å². The van der Waals surface area contributed by atoms with Gasteiger partial charge < -0.3 is 18.9 Å². The maximum absolute atomic E-state index is 5.40. The molecule has 0 aromatic carbocycles. The second-order valence-corrected chi connectivity index (χ2v) is 5.66. The van der Waals surface area contributed by atoms with Gasteiger partial charge in [-0.2, -0.15) is 0 Å². The highest BCUT2D eigenvalue weighted by atomic mass is 16.7. The Hall–Kier alpha value is -0.200. The second-order valence-electron chi connectivity index (χ2n) is 5.66. The van der Waals surface area contributed by atoms with Gasteiger partial charge in [0.2, 0.25) is 0 Å². The zero-order valence-corrected chi connectivity index (χ0v) is 15.4. The van der Waals surface area contributed by atoms with E-state index in [9.17, 15) is 0 Å². The molecule has 0 atom stereocenters. The fraction of sp³-hybridized carbons (Fsp3) is 1.00. The van der Waals surface area contributed by atoms with Crippen molar-refractivity contribution in [2.45, 2.75) is 65.2 Å². The Morgan fingerprint density at radius 1 is 0.522 bits per heavy atom. The third-order valence-corrected chi connectivity index (χ3v) is 3.33. The van der Waals surface area contributed by atoms with Gasteiger partial charge in [-0.15, -0.1) is 0 Å². The van der Waals surface area contributed by atoms with Crippen LogP contribution in [0.3, 0.4) is 0 Å². The normalized spacial score (nSPS) is 11.2. The van der Waals surface area contributed by atoms with Crippen LogP contribution < -0.4 is 5.32 Å². The lowest BCUT2D eigenvalue weighted by Gasteiger charge is -2.06. The fourth-order valence-corrected chi connectivity index (χ4v) is 1.81. The van der Waals surface area contributed by atoms with Crippen LogP contribution in [0.15, 0.2) is 0 Å². The first-order chi connectivity index (χ1) is 11.4. The van der Waals surface area contributed by atoms with Crippen molar-refractivity contribution in [3.8, 4) is 0 Å². The van der Waals surface area contributed by atoms with Crippen molar-refractivity contribution in [3.63, 3.8) is 0 Å². The maximum Gasteiger partial charge on any atom is 0.146 e. The molecule has 5 heteroatoms. The van der Waals surface area contributed by atoms with E-state index in [0.717, 1.165) is 78.0 Å². The van der Waals surface area contributed by atoms with Gasteiger partial charge in [0.15, 0.2) is 0 Å². The summed E-state index contributed by atoms with van der Waals surface area (Å²) in [5.74, 6) is 0. The van der Waals surface area contributed by atoms with Crippen molar-refractivity contribution in [1.29, 1.82) is 0 Å². The summed E-state index contributed by atoms with van der Waals surface area (Å²) in [5.41, 5.74) is 0.